The van der Waals surface area contributed by atoms with E-state index in [1.54, 1.807) is 0 Å². The summed E-state index contributed by atoms with van der Waals surface area (Å²) in [5, 5.41) is 5.77. The van der Waals surface area contributed by atoms with Crippen molar-refractivity contribution in [2.75, 3.05) is 6.54 Å². The zero-order chi connectivity index (χ0) is 17.6. The smallest absolute Gasteiger partial charge is 0.319 e. The average molecular weight is 348 g/mol. The molecule has 2 amide bonds. The fourth-order valence-electron chi connectivity index (χ4n) is 3.10. The second-order valence-electron chi connectivity index (χ2n) is 6.26. The largest absolute Gasteiger partial charge is 0.338 e. The molecule has 1 aliphatic rings. The fraction of sp³-hybridized carbons (Fsp3) is 0.444. The highest BCUT2D eigenvalue weighted by atomic mass is 19.3. The van der Waals surface area contributed by atoms with Crippen molar-refractivity contribution >= 4 is 6.03 Å². The average Bonchev–Trinajstić information content (AvgIpc) is 3.02. The van der Waals surface area contributed by atoms with Gasteiger partial charge in [-0.15, -0.1) is 0 Å². The van der Waals surface area contributed by atoms with Crippen molar-refractivity contribution < 1.29 is 13.6 Å². The van der Waals surface area contributed by atoms with Crippen LogP contribution in [0.25, 0.3) is 0 Å². The molecule has 0 aliphatic heterocycles. The predicted octanol–water partition coefficient (Wildman–Crippen LogP) is 3.66. The van der Waals surface area contributed by atoms with Gasteiger partial charge in [0, 0.05) is 25.4 Å². The summed E-state index contributed by atoms with van der Waals surface area (Å²) >= 11 is 0. The van der Waals surface area contributed by atoms with Crippen LogP contribution >= 0.6 is 0 Å². The lowest BCUT2D eigenvalue weighted by atomic mass is 9.77. The number of carbonyl (C=O) groups is 1. The Bertz CT molecular complexity index is 685. The molecule has 1 heterocycles. The lowest BCUT2D eigenvalue weighted by Gasteiger charge is -2.34. The quantitative estimate of drug-likeness (QED) is 0.802. The van der Waals surface area contributed by atoms with Gasteiger partial charge in [0.15, 0.2) is 0 Å². The first-order valence-corrected chi connectivity index (χ1v) is 8.54. The molecule has 134 valence electrons. The predicted molar refractivity (Wildman–Crippen MR) is 90.2 cm³/mol. The zero-order valence-electron chi connectivity index (χ0n) is 13.9. The van der Waals surface area contributed by atoms with Gasteiger partial charge in [0.05, 0.1) is 6.04 Å². The van der Waals surface area contributed by atoms with Gasteiger partial charge < -0.3 is 10.6 Å². The van der Waals surface area contributed by atoms with Crippen LogP contribution in [0.2, 0.25) is 0 Å². The van der Waals surface area contributed by atoms with Gasteiger partial charge in [-0.05, 0) is 24.3 Å². The minimum atomic E-state index is -2.62. The van der Waals surface area contributed by atoms with Crippen LogP contribution in [0.4, 0.5) is 13.6 Å². The molecule has 0 saturated heterocycles. The molecule has 3 rings (SSSR count). The van der Waals surface area contributed by atoms with E-state index in [4.69, 9.17) is 0 Å². The second-order valence-corrected chi connectivity index (χ2v) is 6.26. The van der Waals surface area contributed by atoms with Crippen LogP contribution in [0.5, 0.6) is 0 Å². The van der Waals surface area contributed by atoms with Gasteiger partial charge in [-0.1, -0.05) is 36.8 Å². The summed E-state index contributed by atoms with van der Waals surface area (Å²) in [5.41, 5.74) is 1.09. The van der Waals surface area contributed by atoms with E-state index in [9.17, 15) is 13.6 Å². The monoisotopic (exact) mass is 348 g/mol. The molecule has 0 spiro atoms. The zero-order valence-corrected chi connectivity index (χ0v) is 13.9. The van der Waals surface area contributed by atoms with E-state index in [2.05, 4.69) is 15.6 Å². The number of benzene rings is 1. The third kappa shape index (κ3) is 4.35. The Morgan fingerprint density at radius 3 is 2.68 bits per heavy atom. The maximum atomic E-state index is 12.8. The highest BCUT2D eigenvalue weighted by Gasteiger charge is 2.29. The van der Waals surface area contributed by atoms with Crippen molar-refractivity contribution in [1.82, 2.24) is 20.2 Å². The van der Waals surface area contributed by atoms with Crippen LogP contribution < -0.4 is 10.6 Å². The highest BCUT2D eigenvalue weighted by molar-refractivity contribution is 5.74. The number of nitrogens with one attached hydrogen (secondary N) is 2. The number of rotatable bonds is 7. The number of carbonyl (C=O) groups excluding carboxylic acids is 1. The molecule has 7 heteroatoms. The number of halogens is 2. The molecule has 0 bridgehead atoms. The summed E-state index contributed by atoms with van der Waals surface area (Å²) in [5.74, 6) is 0.708. The van der Waals surface area contributed by atoms with Gasteiger partial charge in [-0.2, -0.15) is 8.78 Å². The van der Waals surface area contributed by atoms with Gasteiger partial charge in [0.1, 0.15) is 5.82 Å². The van der Waals surface area contributed by atoms with Gasteiger partial charge in [-0.25, -0.2) is 9.78 Å². The number of hydrogen-bond donors (Lipinski definition) is 2. The molecule has 1 fully saturated rings. The van der Waals surface area contributed by atoms with Crippen LogP contribution in [0.15, 0.2) is 42.7 Å². The summed E-state index contributed by atoms with van der Waals surface area (Å²) < 4.78 is 26.3. The van der Waals surface area contributed by atoms with Crippen molar-refractivity contribution in [3.8, 4) is 0 Å². The summed E-state index contributed by atoms with van der Waals surface area (Å²) in [6, 6.07) is 9.61. The Labute approximate surface area is 145 Å². The summed E-state index contributed by atoms with van der Waals surface area (Å²) in [6.07, 6.45) is 6.22. The summed E-state index contributed by atoms with van der Waals surface area (Å²) in [4.78, 5) is 16.1. The molecule has 1 aromatic carbocycles. The van der Waals surface area contributed by atoms with E-state index in [0.29, 0.717) is 5.92 Å². The number of urea groups is 1. The minimum Gasteiger partial charge on any atom is -0.338 e. The number of nitrogens with zero attached hydrogens (tertiary/aromatic N) is 2. The number of aromatic nitrogens is 2. The molecule has 0 radical (unpaired) electrons. The third-order valence-corrected chi connectivity index (χ3v) is 4.66. The van der Waals surface area contributed by atoms with E-state index < -0.39 is 6.55 Å². The van der Waals surface area contributed by atoms with E-state index in [1.807, 2.05) is 30.3 Å². The van der Waals surface area contributed by atoms with Crippen LogP contribution in [0, 0.1) is 5.92 Å². The van der Waals surface area contributed by atoms with E-state index in [-0.39, 0.29) is 30.9 Å². The Morgan fingerprint density at radius 2 is 2.04 bits per heavy atom. The molecule has 2 N–H and O–H groups in total. The molecule has 1 unspecified atom stereocenters. The van der Waals surface area contributed by atoms with Crippen LogP contribution in [0.3, 0.4) is 0 Å². The molecule has 5 nitrogen and oxygen atoms in total. The van der Waals surface area contributed by atoms with Gasteiger partial charge >= 0.3 is 12.6 Å². The Balaban J connectivity index is 1.53. The molecular weight excluding hydrogens is 326 g/mol. The van der Waals surface area contributed by atoms with E-state index in [1.165, 1.54) is 18.8 Å². The Hall–Kier alpha value is -2.44. The van der Waals surface area contributed by atoms with Gasteiger partial charge in [0.2, 0.25) is 0 Å². The number of hydrogen-bond acceptors (Lipinski definition) is 2. The number of alkyl halides is 2. The van der Waals surface area contributed by atoms with Crippen molar-refractivity contribution in [2.45, 2.75) is 38.3 Å². The van der Waals surface area contributed by atoms with Crippen molar-refractivity contribution in [1.29, 1.82) is 0 Å². The normalized spacial score (nSPS) is 15.6. The maximum absolute atomic E-state index is 12.8. The fourth-order valence-corrected chi connectivity index (χ4v) is 3.10. The molecule has 1 aliphatic carbocycles. The molecule has 1 saturated carbocycles. The maximum Gasteiger partial charge on any atom is 0.319 e. The first-order chi connectivity index (χ1) is 12.1. The highest BCUT2D eigenvalue weighted by Crippen LogP contribution is 2.37. The topological polar surface area (TPSA) is 59.0 Å². The lowest BCUT2D eigenvalue weighted by molar-refractivity contribution is 0.0670. The van der Waals surface area contributed by atoms with E-state index >= 15 is 0 Å². The Morgan fingerprint density at radius 1 is 1.28 bits per heavy atom. The van der Waals surface area contributed by atoms with E-state index in [0.717, 1.165) is 23.0 Å². The molecule has 1 atom stereocenters. The first-order valence-electron chi connectivity index (χ1n) is 8.54. The molecular formula is C18H22F2N4O. The Kier molecular flexibility index (Phi) is 5.63. The van der Waals surface area contributed by atoms with Crippen molar-refractivity contribution in [3.05, 3.63) is 54.1 Å². The molecule has 25 heavy (non-hydrogen) atoms. The third-order valence-electron chi connectivity index (χ3n) is 4.66. The molecule has 2 aromatic rings. The minimum absolute atomic E-state index is 0.0157. The van der Waals surface area contributed by atoms with Crippen molar-refractivity contribution in [2.24, 2.45) is 5.92 Å². The van der Waals surface area contributed by atoms with Crippen LogP contribution in [0.1, 0.15) is 43.2 Å². The molecule has 1 aromatic heterocycles. The standard InChI is InChI=1S/C18H22F2N4O/c19-17(20)24-12-11-21-15(24)9-10-22-18(25)23-16(14-7-4-8-14)13-5-2-1-3-6-13/h1-3,5-6,11-12,14,16-17H,4,7-10H2,(H2,22,23,25). The lowest BCUT2D eigenvalue weighted by Crippen LogP contribution is -2.42. The second kappa shape index (κ2) is 8.09. The van der Waals surface area contributed by atoms with Crippen LogP contribution in [-0.2, 0) is 6.42 Å². The summed E-state index contributed by atoms with van der Waals surface area (Å²) in [7, 11) is 0. The van der Waals surface area contributed by atoms with Gasteiger partial charge in [0.25, 0.3) is 0 Å². The first kappa shape index (κ1) is 17.4. The van der Waals surface area contributed by atoms with Gasteiger partial charge in [-0.3, -0.25) is 4.57 Å². The number of amides is 2. The number of imidazole rings is 1. The SMILES string of the molecule is O=C(NCCc1nccn1C(F)F)NC(c1ccccc1)C1CCC1. The van der Waals surface area contributed by atoms with Crippen molar-refractivity contribution in [3.63, 3.8) is 0 Å². The van der Waals surface area contributed by atoms with Crippen LogP contribution in [-0.4, -0.2) is 22.1 Å². The summed E-state index contributed by atoms with van der Waals surface area (Å²) in [6.45, 7) is -2.37.